The summed E-state index contributed by atoms with van der Waals surface area (Å²) in [6, 6.07) is 11.2. The molecule has 38 heavy (non-hydrogen) atoms. The van der Waals surface area contributed by atoms with Crippen molar-refractivity contribution in [2.45, 2.75) is 33.3 Å². The zero-order valence-electron chi connectivity index (χ0n) is 21.2. The molecule has 196 valence electrons. The van der Waals surface area contributed by atoms with E-state index < -0.39 is 11.6 Å². The van der Waals surface area contributed by atoms with Crippen molar-refractivity contribution in [3.05, 3.63) is 59.4 Å². The summed E-state index contributed by atoms with van der Waals surface area (Å²) in [5.41, 5.74) is 17.3. The summed E-state index contributed by atoms with van der Waals surface area (Å²) < 4.78 is 17.4. The van der Waals surface area contributed by atoms with E-state index >= 15 is 0 Å². The number of guanidine groups is 1. The standard InChI is InChI=1S/C25H27N9O4/c1-12-30-18-20(31-12)33-24(37-17-8-6-5-7-16(17)32-23(28)29)34-21(18)36-13-9-10-14(19(26)27)15(11-13)22(35)38-25(2,3)4/h5-11H,1-4H3,(H3,26,27)(H4,28,29,32)(H,30,31,33,34). The van der Waals surface area contributed by atoms with Gasteiger partial charge in [0.2, 0.25) is 0 Å². The third-order valence-electron chi connectivity index (χ3n) is 4.85. The number of carbonyl (C=O) groups excluding carboxylic acids is 1. The number of aryl methyl sites for hydroxylation is 1. The average molecular weight is 518 g/mol. The molecule has 13 nitrogen and oxygen atoms in total. The van der Waals surface area contributed by atoms with E-state index in [2.05, 4.69) is 24.9 Å². The molecule has 13 heteroatoms. The minimum atomic E-state index is -0.755. The van der Waals surface area contributed by atoms with Crippen LogP contribution >= 0.6 is 0 Å². The van der Waals surface area contributed by atoms with Gasteiger partial charge in [0.1, 0.15) is 34.2 Å². The minimum absolute atomic E-state index is 0.0682. The van der Waals surface area contributed by atoms with Gasteiger partial charge in [0.05, 0.1) is 5.56 Å². The summed E-state index contributed by atoms with van der Waals surface area (Å²) in [5.74, 6) is 0.0970. The Morgan fingerprint density at radius 2 is 1.74 bits per heavy atom. The van der Waals surface area contributed by atoms with E-state index in [4.69, 9.17) is 36.8 Å². The molecule has 0 aliphatic rings. The highest BCUT2D eigenvalue weighted by Gasteiger charge is 2.23. The van der Waals surface area contributed by atoms with Crippen LogP contribution in [-0.4, -0.2) is 43.3 Å². The molecule has 0 atom stereocenters. The Balaban J connectivity index is 1.75. The van der Waals surface area contributed by atoms with E-state index in [0.717, 1.165) is 0 Å². The molecule has 0 aliphatic carbocycles. The number of H-pyrrole nitrogens is 1. The first-order valence-corrected chi connectivity index (χ1v) is 11.4. The lowest BCUT2D eigenvalue weighted by atomic mass is 10.1. The minimum Gasteiger partial charge on any atom is -0.456 e. The van der Waals surface area contributed by atoms with E-state index in [1.165, 1.54) is 12.1 Å². The van der Waals surface area contributed by atoms with Crippen molar-refractivity contribution in [2.24, 2.45) is 22.2 Å². The number of ether oxygens (including phenoxy) is 3. The normalized spacial score (nSPS) is 11.2. The molecule has 0 aliphatic heterocycles. The van der Waals surface area contributed by atoms with Crippen LogP contribution in [0.25, 0.3) is 11.2 Å². The van der Waals surface area contributed by atoms with E-state index in [0.29, 0.717) is 22.8 Å². The van der Waals surface area contributed by atoms with Gasteiger partial charge in [-0.3, -0.25) is 5.41 Å². The Morgan fingerprint density at radius 3 is 2.42 bits per heavy atom. The van der Waals surface area contributed by atoms with Crippen molar-refractivity contribution in [1.29, 1.82) is 5.41 Å². The zero-order valence-corrected chi connectivity index (χ0v) is 21.2. The number of nitrogens with zero attached hydrogens (tertiary/aromatic N) is 4. The van der Waals surface area contributed by atoms with Gasteiger partial charge in [-0.25, -0.2) is 14.8 Å². The first kappa shape index (κ1) is 25.9. The molecule has 2 aromatic heterocycles. The Bertz CT molecular complexity index is 1570. The molecule has 0 saturated carbocycles. The van der Waals surface area contributed by atoms with Crippen LogP contribution in [0.5, 0.6) is 23.4 Å². The number of benzene rings is 2. The number of aromatic amines is 1. The van der Waals surface area contributed by atoms with Crippen molar-refractivity contribution in [3.8, 4) is 23.4 Å². The molecular weight excluding hydrogens is 490 g/mol. The molecule has 4 aromatic rings. The first-order chi connectivity index (χ1) is 17.9. The summed E-state index contributed by atoms with van der Waals surface area (Å²) >= 11 is 0. The molecule has 0 spiro atoms. The average Bonchev–Trinajstić information content (AvgIpc) is 3.19. The maximum absolute atomic E-state index is 12.9. The third kappa shape index (κ3) is 5.95. The number of imidazole rings is 1. The Labute approximate surface area is 217 Å². The molecule has 0 radical (unpaired) electrons. The molecule has 0 fully saturated rings. The molecule has 0 saturated heterocycles. The molecule has 0 amide bonds. The van der Waals surface area contributed by atoms with Crippen LogP contribution < -0.4 is 26.7 Å². The number of rotatable bonds is 7. The topological polar surface area (TPSA) is 213 Å². The number of nitrogen functional groups attached to an aromatic ring is 1. The Kier molecular flexibility index (Phi) is 6.84. The number of nitrogens with one attached hydrogen (secondary N) is 2. The first-order valence-electron chi connectivity index (χ1n) is 11.4. The van der Waals surface area contributed by atoms with Gasteiger partial charge in [-0.2, -0.15) is 9.97 Å². The van der Waals surface area contributed by atoms with Crippen molar-refractivity contribution >= 4 is 34.6 Å². The fourth-order valence-electron chi connectivity index (χ4n) is 3.40. The number of para-hydroxylation sites is 2. The van der Waals surface area contributed by atoms with Crippen LogP contribution in [0.15, 0.2) is 47.5 Å². The molecule has 0 bridgehead atoms. The zero-order chi connectivity index (χ0) is 27.6. The number of esters is 1. The summed E-state index contributed by atoms with van der Waals surface area (Å²) in [6.45, 7) is 6.97. The second-order valence-corrected chi connectivity index (χ2v) is 9.16. The maximum atomic E-state index is 12.9. The van der Waals surface area contributed by atoms with Gasteiger partial charge in [0, 0.05) is 5.56 Å². The van der Waals surface area contributed by atoms with Crippen LogP contribution in [0.3, 0.4) is 0 Å². The van der Waals surface area contributed by atoms with Crippen LogP contribution in [-0.2, 0) is 4.74 Å². The summed E-state index contributed by atoms with van der Waals surface area (Å²) in [6.07, 6.45) is 0. The highest BCUT2D eigenvalue weighted by molar-refractivity contribution is 6.06. The van der Waals surface area contributed by atoms with Gasteiger partial charge < -0.3 is 36.4 Å². The Morgan fingerprint density at radius 1 is 1.00 bits per heavy atom. The fourth-order valence-corrected chi connectivity index (χ4v) is 3.40. The summed E-state index contributed by atoms with van der Waals surface area (Å²) in [5, 5.41) is 7.85. The van der Waals surface area contributed by atoms with Gasteiger partial charge in [-0.1, -0.05) is 12.1 Å². The molecule has 2 heterocycles. The number of aliphatic imine (C=N–C) groups is 1. The maximum Gasteiger partial charge on any atom is 0.339 e. The molecule has 2 aromatic carbocycles. The van der Waals surface area contributed by atoms with Gasteiger partial charge in [0.15, 0.2) is 17.4 Å². The molecule has 0 unspecified atom stereocenters. The largest absolute Gasteiger partial charge is 0.456 e. The van der Waals surface area contributed by atoms with Crippen molar-refractivity contribution in [3.63, 3.8) is 0 Å². The number of hydrogen-bond donors (Lipinski definition) is 5. The SMILES string of the molecule is Cc1nc2nc(Oc3ccccc3N=C(N)N)nc(Oc3ccc(C(=N)N)c(C(=O)OC(C)(C)C)c3)c2[nH]1. The van der Waals surface area contributed by atoms with Gasteiger partial charge >= 0.3 is 12.0 Å². The fraction of sp³-hybridized carbons (Fsp3) is 0.200. The van der Waals surface area contributed by atoms with E-state index in [-0.39, 0.29) is 46.2 Å². The number of aromatic nitrogens is 4. The van der Waals surface area contributed by atoms with E-state index in [9.17, 15) is 4.79 Å². The molecular formula is C25H27N9O4. The molecule has 8 N–H and O–H groups in total. The second kappa shape index (κ2) is 10.0. The third-order valence-corrected chi connectivity index (χ3v) is 4.85. The van der Waals surface area contributed by atoms with Crippen LogP contribution in [0, 0.1) is 12.3 Å². The summed E-state index contributed by atoms with van der Waals surface area (Å²) in [7, 11) is 0. The van der Waals surface area contributed by atoms with E-state index in [1.807, 2.05) is 0 Å². The number of nitrogens with two attached hydrogens (primary N) is 3. The van der Waals surface area contributed by atoms with Crippen LogP contribution in [0.1, 0.15) is 42.5 Å². The molecule has 4 rings (SSSR count). The number of hydrogen-bond acceptors (Lipinski definition) is 9. The second-order valence-electron chi connectivity index (χ2n) is 9.16. The Hall–Kier alpha value is -5.20. The smallest absolute Gasteiger partial charge is 0.339 e. The lowest BCUT2D eigenvalue weighted by Crippen LogP contribution is -2.26. The predicted molar refractivity (Wildman–Crippen MR) is 141 cm³/mol. The number of amidine groups is 1. The highest BCUT2D eigenvalue weighted by Crippen LogP contribution is 2.34. The van der Waals surface area contributed by atoms with Crippen molar-refractivity contribution in [2.75, 3.05) is 0 Å². The van der Waals surface area contributed by atoms with E-state index in [1.54, 1.807) is 58.0 Å². The van der Waals surface area contributed by atoms with Crippen LogP contribution in [0.4, 0.5) is 5.69 Å². The number of fused-ring (bicyclic) bond motifs is 1. The van der Waals surface area contributed by atoms with Gasteiger partial charge in [-0.05, 0) is 58.0 Å². The van der Waals surface area contributed by atoms with Crippen LogP contribution in [0.2, 0.25) is 0 Å². The van der Waals surface area contributed by atoms with Crippen molar-refractivity contribution in [1.82, 2.24) is 19.9 Å². The quantitative estimate of drug-likeness (QED) is 0.137. The van der Waals surface area contributed by atoms with Gasteiger partial charge in [-0.15, -0.1) is 0 Å². The predicted octanol–water partition coefficient (Wildman–Crippen LogP) is 3.39. The van der Waals surface area contributed by atoms with Crippen molar-refractivity contribution < 1.29 is 19.0 Å². The monoisotopic (exact) mass is 517 g/mol. The lowest BCUT2D eigenvalue weighted by Gasteiger charge is -2.20. The highest BCUT2D eigenvalue weighted by atomic mass is 16.6. The van der Waals surface area contributed by atoms with Gasteiger partial charge in [0.25, 0.3) is 5.88 Å². The number of carbonyl (C=O) groups is 1. The lowest BCUT2D eigenvalue weighted by molar-refractivity contribution is 0.00689. The summed E-state index contributed by atoms with van der Waals surface area (Å²) in [4.78, 5) is 33.1.